The van der Waals surface area contributed by atoms with Gasteiger partial charge in [0.1, 0.15) is 5.75 Å². The molecule has 0 aliphatic heterocycles. The zero-order valence-electron chi connectivity index (χ0n) is 12.8. The third-order valence-corrected chi connectivity index (χ3v) is 3.56. The SMILES string of the molecule is CNC(C)(CO)CCOc1ccccc1C(C)(C)C. The van der Waals surface area contributed by atoms with Crippen LogP contribution in [0.5, 0.6) is 5.75 Å². The summed E-state index contributed by atoms with van der Waals surface area (Å²) in [7, 11) is 1.86. The van der Waals surface area contributed by atoms with Crippen LogP contribution in [0.1, 0.15) is 39.7 Å². The number of likely N-dealkylation sites (N-methyl/N-ethyl adjacent to an activating group) is 1. The van der Waals surface area contributed by atoms with Crippen LogP contribution in [0.15, 0.2) is 24.3 Å². The molecule has 0 spiro atoms. The summed E-state index contributed by atoms with van der Waals surface area (Å²) in [5.74, 6) is 0.936. The van der Waals surface area contributed by atoms with E-state index in [1.807, 2.05) is 32.2 Å². The van der Waals surface area contributed by atoms with Crippen LogP contribution < -0.4 is 10.1 Å². The first-order valence-electron chi connectivity index (χ1n) is 6.84. The number of hydrogen-bond donors (Lipinski definition) is 2. The monoisotopic (exact) mass is 265 g/mol. The van der Waals surface area contributed by atoms with Crippen molar-refractivity contribution in [3.8, 4) is 5.75 Å². The van der Waals surface area contributed by atoms with E-state index in [1.165, 1.54) is 5.56 Å². The van der Waals surface area contributed by atoms with E-state index in [1.54, 1.807) is 0 Å². The Morgan fingerprint density at radius 3 is 2.32 bits per heavy atom. The molecule has 1 unspecified atom stereocenters. The Bertz CT molecular complexity index is 392. The third kappa shape index (κ3) is 4.51. The van der Waals surface area contributed by atoms with Crippen molar-refractivity contribution in [1.29, 1.82) is 0 Å². The maximum Gasteiger partial charge on any atom is 0.123 e. The molecule has 0 bridgehead atoms. The second kappa shape index (κ2) is 6.40. The van der Waals surface area contributed by atoms with Gasteiger partial charge in [-0.15, -0.1) is 0 Å². The number of hydrogen-bond acceptors (Lipinski definition) is 3. The highest BCUT2D eigenvalue weighted by Gasteiger charge is 2.22. The number of aliphatic hydroxyl groups is 1. The Morgan fingerprint density at radius 2 is 1.79 bits per heavy atom. The molecule has 0 amide bonds. The minimum atomic E-state index is -0.281. The summed E-state index contributed by atoms with van der Waals surface area (Å²) >= 11 is 0. The molecule has 0 aliphatic carbocycles. The molecule has 0 fully saturated rings. The van der Waals surface area contributed by atoms with E-state index >= 15 is 0 Å². The van der Waals surface area contributed by atoms with Gasteiger partial charge in [0.2, 0.25) is 0 Å². The smallest absolute Gasteiger partial charge is 0.123 e. The van der Waals surface area contributed by atoms with Crippen molar-refractivity contribution in [1.82, 2.24) is 5.32 Å². The fourth-order valence-electron chi connectivity index (χ4n) is 1.88. The highest BCUT2D eigenvalue weighted by atomic mass is 16.5. The molecule has 2 N–H and O–H groups in total. The minimum Gasteiger partial charge on any atom is -0.493 e. The van der Waals surface area contributed by atoms with E-state index in [0.717, 1.165) is 12.2 Å². The van der Waals surface area contributed by atoms with Crippen LogP contribution in [0, 0.1) is 0 Å². The molecule has 3 heteroatoms. The lowest BCUT2D eigenvalue weighted by Crippen LogP contribution is -2.44. The number of para-hydroxylation sites is 1. The molecule has 3 nitrogen and oxygen atoms in total. The van der Waals surface area contributed by atoms with E-state index in [9.17, 15) is 5.11 Å². The molecule has 0 saturated heterocycles. The lowest BCUT2D eigenvalue weighted by molar-refractivity contribution is 0.150. The maximum absolute atomic E-state index is 9.35. The Kier molecular flexibility index (Phi) is 5.39. The summed E-state index contributed by atoms with van der Waals surface area (Å²) in [5.41, 5.74) is 1.00. The zero-order valence-corrected chi connectivity index (χ0v) is 12.8. The predicted octanol–water partition coefficient (Wildman–Crippen LogP) is 2.72. The Hall–Kier alpha value is -1.06. The molecule has 0 heterocycles. The van der Waals surface area contributed by atoms with Crippen molar-refractivity contribution >= 4 is 0 Å². The maximum atomic E-state index is 9.35. The molecular formula is C16H27NO2. The fourth-order valence-corrected chi connectivity index (χ4v) is 1.88. The van der Waals surface area contributed by atoms with Crippen LogP contribution >= 0.6 is 0 Å². The number of rotatable bonds is 6. The van der Waals surface area contributed by atoms with Gasteiger partial charge in [-0.2, -0.15) is 0 Å². The molecule has 0 saturated carbocycles. The molecule has 1 aromatic carbocycles. The quantitative estimate of drug-likeness (QED) is 0.831. The molecule has 1 aromatic rings. The van der Waals surface area contributed by atoms with Gasteiger partial charge in [-0.1, -0.05) is 39.0 Å². The number of benzene rings is 1. The average molecular weight is 265 g/mol. The first-order valence-corrected chi connectivity index (χ1v) is 6.84. The van der Waals surface area contributed by atoms with Crippen molar-refractivity contribution in [3.05, 3.63) is 29.8 Å². The van der Waals surface area contributed by atoms with E-state index in [-0.39, 0.29) is 17.6 Å². The van der Waals surface area contributed by atoms with Crippen LogP contribution in [0.2, 0.25) is 0 Å². The van der Waals surface area contributed by atoms with E-state index in [2.05, 4.69) is 32.2 Å². The van der Waals surface area contributed by atoms with Gasteiger partial charge < -0.3 is 15.2 Å². The number of nitrogens with one attached hydrogen (secondary N) is 1. The van der Waals surface area contributed by atoms with Crippen molar-refractivity contribution in [2.24, 2.45) is 0 Å². The summed E-state index contributed by atoms with van der Waals surface area (Å²) in [6.45, 7) is 9.23. The highest BCUT2D eigenvalue weighted by molar-refractivity contribution is 5.38. The second-order valence-electron chi connectivity index (χ2n) is 6.31. The Labute approximate surface area is 117 Å². The standard InChI is InChI=1S/C16H27NO2/c1-15(2,3)13-8-6-7-9-14(13)19-11-10-16(4,12-18)17-5/h6-9,17-18H,10-12H2,1-5H3. The predicted molar refractivity (Wildman–Crippen MR) is 79.8 cm³/mol. The first kappa shape index (κ1) is 16.0. The van der Waals surface area contributed by atoms with Gasteiger partial charge in [0.05, 0.1) is 13.2 Å². The minimum absolute atomic E-state index is 0.0693. The van der Waals surface area contributed by atoms with Gasteiger partial charge >= 0.3 is 0 Å². The summed E-state index contributed by atoms with van der Waals surface area (Å²) in [5, 5.41) is 12.5. The number of aliphatic hydroxyl groups excluding tert-OH is 1. The van der Waals surface area contributed by atoms with Crippen molar-refractivity contribution < 1.29 is 9.84 Å². The Balaban J connectivity index is 2.69. The topological polar surface area (TPSA) is 41.5 Å². The van der Waals surface area contributed by atoms with Crippen LogP contribution in [0.4, 0.5) is 0 Å². The molecule has 1 atom stereocenters. The van der Waals surface area contributed by atoms with E-state index < -0.39 is 0 Å². The van der Waals surface area contributed by atoms with Crippen LogP contribution in [-0.4, -0.2) is 30.9 Å². The second-order valence-corrected chi connectivity index (χ2v) is 6.31. The molecule has 0 radical (unpaired) electrons. The van der Waals surface area contributed by atoms with Gasteiger partial charge in [0.15, 0.2) is 0 Å². The van der Waals surface area contributed by atoms with Crippen LogP contribution in [0.3, 0.4) is 0 Å². The van der Waals surface area contributed by atoms with Crippen molar-refractivity contribution in [2.75, 3.05) is 20.3 Å². The van der Waals surface area contributed by atoms with Crippen molar-refractivity contribution in [2.45, 2.75) is 45.1 Å². The van der Waals surface area contributed by atoms with Crippen LogP contribution in [0.25, 0.3) is 0 Å². The van der Waals surface area contributed by atoms with Crippen molar-refractivity contribution in [3.63, 3.8) is 0 Å². The summed E-state index contributed by atoms with van der Waals surface area (Å²) in [6.07, 6.45) is 0.762. The fraction of sp³-hybridized carbons (Fsp3) is 0.625. The lowest BCUT2D eigenvalue weighted by Gasteiger charge is -2.28. The third-order valence-electron chi connectivity index (χ3n) is 3.56. The van der Waals surface area contributed by atoms with Gasteiger partial charge in [0.25, 0.3) is 0 Å². The molecular weight excluding hydrogens is 238 g/mol. The summed E-state index contributed by atoms with van der Waals surface area (Å²) in [6, 6.07) is 8.15. The van der Waals surface area contributed by atoms with Gasteiger partial charge in [-0.3, -0.25) is 0 Å². The number of ether oxygens (including phenoxy) is 1. The van der Waals surface area contributed by atoms with Gasteiger partial charge in [-0.25, -0.2) is 0 Å². The first-order chi connectivity index (χ1) is 8.82. The average Bonchev–Trinajstić information content (AvgIpc) is 2.38. The lowest BCUT2D eigenvalue weighted by atomic mass is 9.86. The molecule has 0 aliphatic rings. The molecule has 1 rings (SSSR count). The molecule has 108 valence electrons. The van der Waals surface area contributed by atoms with E-state index in [0.29, 0.717) is 6.61 Å². The van der Waals surface area contributed by atoms with Gasteiger partial charge in [-0.05, 0) is 31.0 Å². The molecule has 19 heavy (non-hydrogen) atoms. The highest BCUT2D eigenvalue weighted by Crippen LogP contribution is 2.31. The summed E-state index contributed by atoms with van der Waals surface area (Å²) < 4.78 is 5.91. The Morgan fingerprint density at radius 1 is 1.16 bits per heavy atom. The van der Waals surface area contributed by atoms with Crippen LogP contribution in [-0.2, 0) is 5.41 Å². The largest absolute Gasteiger partial charge is 0.493 e. The summed E-state index contributed by atoms with van der Waals surface area (Å²) in [4.78, 5) is 0. The zero-order chi connectivity index (χ0) is 14.5. The van der Waals surface area contributed by atoms with Gasteiger partial charge in [0, 0.05) is 12.0 Å². The van der Waals surface area contributed by atoms with E-state index in [4.69, 9.17) is 4.74 Å². The molecule has 0 aromatic heterocycles. The normalized spacial score (nSPS) is 15.1.